The normalized spacial score (nSPS) is 12.0. The summed E-state index contributed by atoms with van der Waals surface area (Å²) in [7, 11) is 0. The molecule has 1 amide bonds. The van der Waals surface area contributed by atoms with Gasteiger partial charge in [-0.05, 0) is 26.0 Å². The molecule has 21 heavy (non-hydrogen) atoms. The summed E-state index contributed by atoms with van der Waals surface area (Å²) in [5, 5.41) is 5.81. The second kappa shape index (κ2) is 6.82. The van der Waals surface area contributed by atoms with Crippen molar-refractivity contribution in [3.63, 3.8) is 0 Å². The minimum absolute atomic E-state index is 0.0130. The van der Waals surface area contributed by atoms with Crippen LogP contribution in [0.25, 0.3) is 0 Å². The highest BCUT2D eigenvalue weighted by atomic mass is 35.5. The number of halogens is 1. The van der Waals surface area contributed by atoms with Gasteiger partial charge in [0.05, 0.1) is 10.4 Å². The molecule has 2 aromatic heterocycles. The zero-order valence-electron chi connectivity index (χ0n) is 12.0. The lowest BCUT2D eigenvalue weighted by molar-refractivity contribution is -0.115. The number of hydrogen-bond donors (Lipinski definition) is 2. The molecule has 2 rings (SSSR count). The first-order valence-electron chi connectivity index (χ1n) is 6.52. The van der Waals surface area contributed by atoms with Gasteiger partial charge in [-0.2, -0.15) is 15.0 Å². The van der Waals surface area contributed by atoms with Crippen molar-refractivity contribution in [2.75, 3.05) is 10.6 Å². The molecule has 0 saturated heterocycles. The molecule has 8 heteroatoms. The van der Waals surface area contributed by atoms with E-state index in [9.17, 15) is 4.79 Å². The molecule has 0 spiro atoms. The van der Waals surface area contributed by atoms with Crippen LogP contribution in [0.5, 0.6) is 0 Å². The molecule has 1 atom stereocenters. The number of hydrogen-bond acceptors (Lipinski definition) is 6. The van der Waals surface area contributed by atoms with E-state index in [0.29, 0.717) is 18.2 Å². The van der Waals surface area contributed by atoms with Gasteiger partial charge >= 0.3 is 0 Å². The highest BCUT2D eigenvalue weighted by molar-refractivity contribution is 7.16. The van der Waals surface area contributed by atoms with Crippen LogP contribution < -0.4 is 10.6 Å². The lowest BCUT2D eigenvalue weighted by Crippen LogP contribution is -2.16. The third kappa shape index (κ3) is 4.37. The van der Waals surface area contributed by atoms with Crippen LogP contribution in [0.1, 0.15) is 37.0 Å². The number of rotatable bonds is 5. The highest BCUT2D eigenvalue weighted by Crippen LogP contribution is 2.28. The Morgan fingerprint density at radius 2 is 2.05 bits per heavy atom. The van der Waals surface area contributed by atoms with Crippen LogP contribution in [-0.2, 0) is 4.79 Å². The first-order valence-corrected chi connectivity index (χ1v) is 7.71. The van der Waals surface area contributed by atoms with E-state index in [4.69, 9.17) is 11.6 Å². The minimum Gasteiger partial charge on any atom is -0.347 e. The quantitative estimate of drug-likeness (QED) is 0.880. The van der Waals surface area contributed by atoms with Gasteiger partial charge in [-0.25, -0.2) is 0 Å². The largest absolute Gasteiger partial charge is 0.347 e. The van der Waals surface area contributed by atoms with E-state index in [1.165, 1.54) is 11.3 Å². The third-order valence-corrected chi connectivity index (χ3v) is 4.10. The Morgan fingerprint density at radius 1 is 1.33 bits per heavy atom. The maximum atomic E-state index is 11.4. The number of thiophene rings is 1. The van der Waals surface area contributed by atoms with Crippen molar-refractivity contribution in [3.05, 3.63) is 27.2 Å². The number of anilines is 2. The van der Waals surface area contributed by atoms with E-state index in [1.807, 2.05) is 19.1 Å². The smallest absolute Gasteiger partial charge is 0.234 e. The summed E-state index contributed by atoms with van der Waals surface area (Å²) < 4.78 is 0.737. The van der Waals surface area contributed by atoms with Gasteiger partial charge in [-0.15, -0.1) is 11.3 Å². The number of amides is 1. The van der Waals surface area contributed by atoms with Gasteiger partial charge in [0, 0.05) is 11.3 Å². The van der Waals surface area contributed by atoms with Crippen LogP contribution >= 0.6 is 22.9 Å². The van der Waals surface area contributed by atoms with Gasteiger partial charge in [-0.3, -0.25) is 10.1 Å². The molecule has 0 radical (unpaired) electrons. The fourth-order valence-corrected chi connectivity index (χ4v) is 2.70. The zero-order chi connectivity index (χ0) is 15.4. The van der Waals surface area contributed by atoms with Crippen LogP contribution in [0.2, 0.25) is 4.34 Å². The van der Waals surface area contributed by atoms with Gasteiger partial charge in [0.1, 0.15) is 5.82 Å². The maximum absolute atomic E-state index is 11.4. The average Bonchev–Trinajstić information content (AvgIpc) is 2.84. The predicted octanol–water partition coefficient (Wildman–Crippen LogP) is 3.42. The first kappa shape index (κ1) is 15.7. The average molecular weight is 326 g/mol. The van der Waals surface area contributed by atoms with Crippen molar-refractivity contribution in [2.45, 2.75) is 33.2 Å². The molecule has 0 aliphatic heterocycles. The first-order chi connectivity index (χ1) is 9.97. The SMILES string of the molecule is CCC(=O)Nc1nc(C)nc(NC(C)c2ccc(Cl)s2)n1. The summed E-state index contributed by atoms with van der Waals surface area (Å²) in [6, 6.07) is 3.82. The number of carbonyl (C=O) groups excluding carboxylic acids is 1. The molecule has 2 aromatic rings. The van der Waals surface area contributed by atoms with E-state index in [0.717, 1.165) is 9.21 Å². The van der Waals surface area contributed by atoms with Gasteiger partial charge in [0.25, 0.3) is 0 Å². The summed E-state index contributed by atoms with van der Waals surface area (Å²) in [6.07, 6.45) is 0.373. The molecule has 0 aliphatic carbocycles. The van der Waals surface area contributed by atoms with Crippen molar-refractivity contribution in [3.8, 4) is 0 Å². The van der Waals surface area contributed by atoms with Crippen LogP contribution in [0.4, 0.5) is 11.9 Å². The molecule has 2 heterocycles. The molecular weight excluding hydrogens is 310 g/mol. The Bertz CT molecular complexity index is 645. The lowest BCUT2D eigenvalue weighted by atomic mass is 10.3. The summed E-state index contributed by atoms with van der Waals surface area (Å²) in [4.78, 5) is 25.0. The summed E-state index contributed by atoms with van der Waals surface area (Å²) in [6.45, 7) is 5.51. The van der Waals surface area contributed by atoms with Crippen LogP contribution in [0.15, 0.2) is 12.1 Å². The summed E-state index contributed by atoms with van der Waals surface area (Å²) >= 11 is 7.43. The minimum atomic E-state index is -0.135. The van der Waals surface area contributed by atoms with E-state index < -0.39 is 0 Å². The molecule has 2 N–H and O–H groups in total. The fraction of sp³-hybridized carbons (Fsp3) is 0.385. The van der Waals surface area contributed by atoms with Crippen molar-refractivity contribution in [1.29, 1.82) is 0 Å². The third-order valence-electron chi connectivity index (χ3n) is 2.69. The fourth-order valence-electron chi connectivity index (χ4n) is 1.64. The van der Waals surface area contributed by atoms with Crippen molar-refractivity contribution in [1.82, 2.24) is 15.0 Å². The molecule has 0 bridgehead atoms. The molecule has 0 aromatic carbocycles. The van der Waals surface area contributed by atoms with E-state index in [1.54, 1.807) is 13.8 Å². The van der Waals surface area contributed by atoms with Crippen LogP contribution in [0.3, 0.4) is 0 Å². The Hall–Kier alpha value is -1.73. The molecule has 6 nitrogen and oxygen atoms in total. The lowest BCUT2D eigenvalue weighted by Gasteiger charge is -2.13. The maximum Gasteiger partial charge on any atom is 0.234 e. The monoisotopic (exact) mass is 325 g/mol. The Balaban J connectivity index is 2.14. The predicted molar refractivity (Wildman–Crippen MR) is 84.9 cm³/mol. The van der Waals surface area contributed by atoms with Gasteiger partial charge in [0.15, 0.2) is 0 Å². The Morgan fingerprint density at radius 3 is 2.67 bits per heavy atom. The topological polar surface area (TPSA) is 79.8 Å². The van der Waals surface area contributed by atoms with Crippen molar-refractivity contribution < 1.29 is 4.79 Å². The second-order valence-electron chi connectivity index (χ2n) is 4.44. The van der Waals surface area contributed by atoms with E-state index >= 15 is 0 Å². The number of carbonyl (C=O) groups is 1. The van der Waals surface area contributed by atoms with E-state index in [2.05, 4.69) is 25.6 Å². The second-order valence-corrected chi connectivity index (χ2v) is 6.19. The van der Waals surface area contributed by atoms with Crippen molar-refractivity contribution in [2.24, 2.45) is 0 Å². The summed E-state index contributed by atoms with van der Waals surface area (Å²) in [5.74, 6) is 1.08. The Kier molecular flexibility index (Phi) is 5.08. The van der Waals surface area contributed by atoms with Crippen LogP contribution in [0, 0.1) is 6.92 Å². The summed E-state index contributed by atoms with van der Waals surface area (Å²) in [5.41, 5.74) is 0. The van der Waals surface area contributed by atoms with E-state index in [-0.39, 0.29) is 17.9 Å². The van der Waals surface area contributed by atoms with Gasteiger partial charge in [0.2, 0.25) is 17.8 Å². The molecule has 1 unspecified atom stereocenters. The molecule has 0 saturated carbocycles. The standard InChI is InChI=1S/C13H16ClN5OS/c1-4-11(20)18-13-17-8(3)16-12(19-13)15-7(2)9-5-6-10(14)21-9/h5-7H,4H2,1-3H3,(H2,15,16,17,18,19,20). The Labute approximate surface area is 132 Å². The number of aryl methyl sites for hydroxylation is 1. The highest BCUT2D eigenvalue weighted by Gasteiger charge is 2.12. The molecule has 112 valence electrons. The zero-order valence-corrected chi connectivity index (χ0v) is 13.5. The molecule has 0 aliphatic rings. The number of nitrogens with zero attached hydrogens (tertiary/aromatic N) is 3. The van der Waals surface area contributed by atoms with Gasteiger partial charge in [-0.1, -0.05) is 18.5 Å². The number of aromatic nitrogens is 3. The van der Waals surface area contributed by atoms with Crippen LogP contribution in [-0.4, -0.2) is 20.9 Å². The molecular formula is C13H16ClN5OS. The van der Waals surface area contributed by atoms with Gasteiger partial charge < -0.3 is 5.32 Å². The van der Waals surface area contributed by atoms with Crippen molar-refractivity contribution >= 4 is 40.7 Å². The number of nitrogens with one attached hydrogen (secondary N) is 2. The molecule has 0 fully saturated rings.